The van der Waals surface area contributed by atoms with Crippen LogP contribution in [-0.2, 0) is 4.79 Å². The first-order valence-electron chi connectivity index (χ1n) is 10.4. The molecule has 1 aliphatic heterocycles. The molecule has 2 heterocycles. The average Bonchev–Trinajstić information content (AvgIpc) is 2.78. The van der Waals surface area contributed by atoms with Gasteiger partial charge in [0.25, 0.3) is 0 Å². The fourth-order valence-electron chi connectivity index (χ4n) is 3.80. The number of fused-ring (bicyclic) bond motifs is 1. The van der Waals surface area contributed by atoms with Crippen molar-refractivity contribution in [3.63, 3.8) is 0 Å². The molecule has 0 radical (unpaired) electrons. The zero-order chi connectivity index (χ0) is 21.1. The van der Waals surface area contributed by atoms with Crippen LogP contribution >= 0.6 is 0 Å². The van der Waals surface area contributed by atoms with Gasteiger partial charge in [-0.3, -0.25) is 4.79 Å². The van der Waals surface area contributed by atoms with Crippen LogP contribution in [0.5, 0.6) is 0 Å². The van der Waals surface area contributed by atoms with E-state index in [9.17, 15) is 10.1 Å². The molecule has 1 amide bonds. The number of nitriles is 1. The molecule has 1 fully saturated rings. The fraction of sp³-hybridized carbons (Fsp3) is 0.333. The van der Waals surface area contributed by atoms with Crippen LogP contribution < -0.4 is 10.2 Å². The first kappa shape index (κ1) is 19.8. The van der Waals surface area contributed by atoms with Crippen LogP contribution in [0.3, 0.4) is 0 Å². The molecule has 2 aromatic carbocycles. The molecule has 1 saturated heterocycles. The van der Waals surface area contributed by atoms with Gasteiger partial charge in [0.15, 0.2) is 5.82 Å². The second-order valence-electron chi connectivity index (χ2n) is 8.03. The normalized spacial score (nSPS) is 16.5. The van der Waals surface area contributed by atoms with Gasteiger partial charge < -0.3 is 10.2 Å². The van der Waals surface area contributed by atoms with E-state index in [1.54, 1.807) is 6.07 Å². The third-order valence-corrected chi connectivity index (χ3v) is 5.41. The highest BCUT2D eigenvalue weighted by atomic mass is 16.1. The van der Waals surface area contributed by atoms with E-state index in [1.807, 2.05) is 56.3 Å². The topological polar surface area (TPSA) is 81.9 Å². The SMILES string of the molecule is CC(C)C(=O)NC1CCCN(c2nc3ccccc3nc2-c2cccc(C#N)c2)C1. The second kappa shape index (κ2) is 8.50. The van der Waals surface area contributed by atoms with Crippen molar-refractivity contribution in [1.29, 1.82) is 5.26 Å². The first-order valence-corrected chi connectivity index (χ1v) is 10.4. The van der Waals surface area contributed by atoms with Gasteiger partial charge in [-0.15, -0.1) is 0 Å². The largest absolute Gasteiger partial charge is 0.353 e. The van der Waals surface area contributed by atoms with Gasteiger partial charge in [0.1, 0.15) is 5.69 Å². The van der Waals surface area contributed by atoms with Gasteiger partial charge in [-0.25, -0.2) is 9.97 Å². The number of aromatic nitrogens is 2. The summed E-state index contributed by atoms with van der Waals surface area (Å²) in [4.78, 5) is 24.3. The number of anilines is 1. The molecule has 1 unspecified atom stereocenters. The molecule has 1 aliphatic rings. The molecule has 0 spiro atoms. The van der Waals surface area contributed by atoms with Crippen molar-refractivity contribution in [1.82, 2.24) is 15.3 Å². The highest BCUT2D eigenvalue weighted by molar-refractivity contribution is 5.84. The van der Waals surface area contributed by atoms with Crippen molar-refractivity contribution < 1.29 is 4.79 Å². The molecule has 6 nitrogen and oxygen atoms in total. The summed E-state index contributed by atoms with van der Waals surface area (Å²) in [6, 6.07) is 17.6. The molecule has 0 aliphatic carbocycles. The third kappa shape index (κ3) is 4.11. The minimum atomic E-state index is -0.0369. The van der Waals surface area contributed by atoms with E-state index in [2.05, 4.69) is 16.3 Å². The van der Waals surface area contributed by atoms with E-state index in [4.69, 9.17) is 9.97 Å². The molecule has 0 bridgehead atoms. The van der Waals surface area contributed by atoms with E-state index in [0.29, 0.717) is 12.1 Å². The molecule has 4 rings (SSSR count). The summed E-state index contributed by atoms with van der Waals surface area (Å²) in [7, 11) is 0. The number of benzene rings is 2. The Morgan fingerprint density at radius 2 is 1.93 bits per heavy atom. The van der Waals surface area contributed by atoms with Crippen molar-refractivity contribution in [2.45, 2.75) is 32.7 Å². The molecule has 1 atom stereocenters. The van der Waals surface area contributed by atoms with Gasteiger partial charge in [0.2, 0.25) is 5.91 Å². The van der Waals surface area contributed by atoms with Crippen molar-refractivity contribution in [3.8, 4) is 17.3 Å². The Labute approximate surface area is 176 Å². The second-order valence-corrected chi connectivity index (χ2v) is 8.03. The maximum absolute atomic E-state index is 12.2. The number of para-hydroxylation sites is 2. The van der Waals surface area contributed by atoms with Gasteiger partial charge in [-0.2, -0.15) is 5.26 Å². The zero-order valence-corrected chi connectivity index (χ0v) is 17.3. The van der Waals surface area contributed by atoms with E-state index in [1.165, 1.54) is 0 Å². The number of hydrogen-bond acceptors (Lipinski definition) is 5. The average molecular weight is 399 g/mol. The summed E-state index contributed by atoms with van der Waals surface area (Å²) < 4.78 is 0. The number of nitrogens with zero attached hydrogens (tertiary/aromatic N) is 4. The smallest absolute Gasteiger partial charge is 0.222 e. The lowest BCUT2D eigenvalue weighted by Crippen LogP contribution is -2.49. The minimum Gasteiger partial charge on any atom is -0.353 e. The summed E-state index contributed by atoms with van der Waals surface area (Å²) >= 11 is 0. The van der Waals surface area contributed by atoms with Crippen molar-refractivity contribution in [2.75, 3.05) is 18.0 Å². The van der Waals surface area contributed by atoms with Crippen LogP contribution in [0, 0.1) is 17.2 Å². The van der Waals surface area contributed by atoms with Crippen molar-refractivity contribution in [3.05, 3.63) is 54.1 Å². The number of hydrogen-bond donors (Lipinski definition) is 1. The number of nitrogens with one attached hydrogen (secondary N) is 1. The number of piperidine rings is 1. The molecule has 1 N–H and O–H groups in total. The van der Waals surface area contributed by atoms with Crippen molar-refractivity contribution >= 4 is 22.8 Å². The van der Waals surface area contributed by atoms with E-state index >= 15 is 0 Å². The Hall–Kier alpha value is -3.46. The van der Waals surface area contributed by atoms with Crippen molar-refractivity contribution in [2.24, 2.45) is 5.92 Å². The Balaban J connectivity index is 1.75. The van der Waals surface area contributed by atoms with Crippen LogP contribution in [-0.4, -0.2) is 35.0 Å². The van der Waals surface area contributed by atoms with Crippen LogP contribution in [0.25, 0.3) is 22.3 Å². The van der Waals surface area contributed by atoms with Crippen LogP contribution in [0.2, 0.25) is 0 Å². The summed E-state index contributed by atoms with van der Waals surface area (Å²) in [5, 5.41) is 12.5. The van der Waals surface area contributed by atoms with Gasteiger partial charge in [0, 0.05) is 30.6 Å². The maximum Gasteiger partial charge on any atom is 0.222 e. The molecular weight excluding hydrogens is 374 g/mol. The molecule has 152 valence electrons. The Bertz CT molecular complexity index is 1120. The number of rotatable bonds is 4. The predicted octanol–water partition coefficient (Wildman–Crippen LogP) is 3.91. The molecule has 3 aromatic rings. The minimum absolute atomic E-state index is 0.0369. The fourth-order valence-corrected chi connectivity index (χ4v) is 3.80. The molecule has 0 saturated carbocycles. The third-order valence-electron chi connectivity index (χ3n) is 5.41. The van der Waals surface area contributed by atoms with Crippen LogP contribution in [0.1, 0.15) is 32.3 Å². The van der Waals surface area contributed by atoms with Gasteiger partial charge in [0.05, 0.1) is 22.7 Å². The summed E-state index contributed by atoms with van der Waals surface area (Å²) in [6.07, 6.45) is 1.92. The summed E-state index contributed by atoms with van der Waals surface area (Å²) in [5.41, 5.74) is 3.88. The lowest BCUT2D eigenvalue weighted by Gasteiger charge is -2.35. The number of carbonyl (C=O) groups excluding carboxylic acids is 1. The number of amides is 1. The van der Waals surface area contributed by atoms with Crippen LogP contribution in [0.4, 0.5) is 5.82 Å². The lowest BCUT2D eigenvalue weighted by atomic mass is 10.0. The lowest BCUT2D eigenvalue weighted by molar-refractivity contribution is -0.124. The van der Waals surface area contributed by atoms with Crippen LogP contribution in [0.15, 0.2) is 48.5 Å². The quantitative estimate of drug-likeness (QED) is 0.719. The first-order chi connectivity index (χ1) is 14.5. The van der Waals surface area contributed by atoms with Gasteiger partial charge in [-0.1, -0.05) is 38.1 Å². The molecule has 6 heteroatoms. The van der Waals surface area contributed by atoms with E-state index in [0.717, 1.165) is 47.5 Å². The number of carbonyl (C=O) groups is 1. The predicted molar refractivity (Wildman–Crippen MR) is 118 cm³/mol. The highest BCUT2D eigenvalue weighted by Gasteiger charge is 2.26. The monoisotopic (exact) mass is 399 g/mol. The maximum atomic E-state index is 12.2. The Morgan fingerprint density at radius 3 is 2.67 bits per heavy atom. The summed E-state index contributed by atoms with van der Waals surface area (Å²) in [5.74, 6) is 0.839. The molecule has 30 heavy (non-hydrogen) atoms. The van der Waals surface area contributed by atoms with Gasteiger partial charge >= 0.3 is 0 Å². The van der Waals surface area contributed by atoms with E-state index in [-0.39, 0.29) is 17.9 Å². The Morgan fingerprint density at radius 1 is 1.17 bits per heavy atom. The Kier molecular flexibility index (Phi) is 5.62. The molecule has 1 aromatic heterocycles. The zero-order valence-electron chi connectivity index (χ0n) is 17.3. The van der Waals surface area contributed by atoms with Gasteiger partial charge in [-0.05, 0) is 37.1 Å². The molecular formula is C24H25N5O. The summed E-state index contributed by atoms with van der Waals surface area (Å²) in [6.45, 7) is 5.36. The van der Waals surface area contributed by atoms with E-state index < -0.39 is 0 Å². The highest BCUT2D eigenvalue weighted by Crippen LogP contribution is 2.32. The standard InChI is InChI=1S/C24H25N5O/c1-16(2)24(30)26-19-9-6-12-29(15-19)23-22(18-8-5-7-17(13-18)14-25)27-20-10-3-4-11-21(20)28-23/h3-5,7-8,10-11,13,16,19H,6,9,12,15H2,1-2H3,(H,26,30).